The number of ether oxygens (including phenoxy) is 2. The van der Waals surface area contributed by atoms with E-state index in [1.807, 2.05) is 6.07 Å². The van der Waals surface area contributed by atoms with Crippen molar-refractivity contribution in [3.63, 3.8) is 0 Å². The van der Waals surface area contributed by atoms with Crippen LogP contribution in [0.1, 0.15) is 5.56 Å². The van der Waals surface area contributed by atoms with Gasteiger partial charge < -0.3 is 24.7 Å². The smallest absolute Gasteiger partial charge is 0.226 e. The average molecular weight is 386 g/mol. The van der Waals surface area contributed by atoms with E-state index in [-0.39, 0.29) is 5.28 Å². The van der Waals surface area contributed by atoms with Gasteiger partial charge in [-0.2, -0.15) is 9.97 Å². The summed E-state index contributed by atoms with van der Waals surface area (Å²) >= 11 is 6.19. The topological polar surface area (TPSA) is 75.3 Å². The summed E-state index contributed by atoms with van der Waals surface area (Å²) in [4.78, 5) is 14.3. The number of rotatable bonds is 5. The Labute approximate surface area is 161 Å². The van der Waals surface area contributed by atoms with Crippen molar-refractivity contribution in [2.24, 2.45) is 0 Å². The van der Waals surface area contributed by atoms with Crippen molar-refractivity contribution in [2.75, 3.05) is 43.1 Å². The van der Waals surface area contributed by atoms with Gasteiger partial charge in [-0.05, 0) is 29.7 Å². The molecule has 0 atom stereocenters. The summed E-state index contributed by atoms with van der Waals surface area (Å²) in [6.07, 6.45) is 2.92. The number of anilines is 2. The van der Waals surface area contributed by atoms with Gasteiger partial charge in [0.15, 0.2) is 11.6 Å². The van der Waals surface area contributed by atoms with Gasteiger partial charge in [-0.1, -0.05) is 18.2 Å². The second kappa shape index (κ2) is 6.90. The maximum atomic E-state index is 6.19. The van der Waals surface area contributed by atoms with Crippen molar-refractivity contribution in [1.29, 1.82) is 0 Å². The van der Waals surface area contributed by atoms with Crippen molar-refractivity contribution in [3.8, 4) is 5.75 Å². The zero-order valence-corrected chi connectivity index (χ0v) is 15.5. The molecule has 0 radical (unpaired) electrons. The molecule has 0 saturated carbocycles. The number of benzene rings is 1. The molecule has 0 amide bonds. The van der Waals surface area contributed by atoms with E-state index < -0.39 is 0 Å². The lowest BCUT2D eigenvalue weighted by Gasteiger charge is -2.40. The zero-order chi connectivity index (χ0) is 18.2. The normalized spacial score (nSPS) is 16.7. The lowest BCUT2D eigenvalue weighted by Crippen LogP contribution is -2.52. The number of aromatic nitrogens is 3. The fourth-order valence-electron chi connectivity index (χ4n) is 3.62. The third-order valence-electron chi connectivity index (χ3n) is 5.09. The molecule has 2 aliphatic rings. The number of fused-ring (bicyclic) bond motifs is 2. The molecule has 4 heterocycles. The van der Waals surface area contributed by atoms with E-state index in [4.69, 9.17) is 21.1 Å². The molecular weight excluding hydrogens is 366 g/mol. The van der Waals surface area contributed by atoms with E-state index in [0.29, 0.717) is 37.4 Å². The quantitative estimate of drug-likeness (QED) is 0.658. The summed E-state index contributed by atoms with van der Waals surface area (Å²) < 4.78 is 11.2. The largest absolute Gasteiger partial charge is 0.485 e. The van der Waals surface area contributed by atoms with Crippen LogP contribution >= 0.6 is 11.6 Å². The molecule has 0 unspecified atom stereocenters. The number of aromatic amines is 1. The summed E-state index contributed by atoms with van der Waals surface area (Å²) in [5.74, 6) is 2.08. The van der Waals surface area contributed by atoms with Crippen LogP contribution in [0.4, 0.5) is 11.6 Å². The van der Waals surface area contributed by atoms with Crippen LogP contribution in [0.2, 0.25) is 5.28 Å². The summed E-state index contributed by atoms with van der Waals surface area (Å²) in [5, 5.41) is 4.85. The molecule has 2 aliphatic heterocycles. The molecule has 27 heavy (non-hydrogen) atoms. The molecule has 5 rings (SSSR count). The Morgan fingerprint density at radius 2 is 2.15 bits per heavy atom. The van der Waals surface area contributed by atoms with Crippen LogP contribution in [-0.2, 0) is 11.2 Å². The molecule has 3 aromatic rings. The molecule has 0 aliphatic carbocycles. The van der Waals surface area contributed by atoms with Crippen LogP contribution in [0.3, 0.4) is 0 Å². The number of para-hydroxylation sites is 1. The zero-order valence-electron chi connectivity index (χ0n) is 14.7. The van der Waals surface area contributed by atoms with E-state index >= 15 is 0 Å². The van der Waals surface area contributed by atoms with Crippen LogP contribution in [0, 0.1) is 0 Å². The van der Waals surface area contributed by atoms with E-state index in [0.717, 1.165) is 30.8 Å². The molecule has 1 saturated heterocycles. The van der Waals surface area contributed by atoms with Gasteiger partial charge in [-0.25, -0.2) is 0 Å². The second-order valence-corrected chi connectivity index (χ2v) is 7.10. The maximum absolute atomic E-state index is 6.19. The minimum atomic E-state index is 0.221. The van der Waals surface area contributed by atoms with Gasteiger partial charge in [-0.3, -0.25) is 0 Å². The average Bonchev–Trinajstić information content (AvgIpc) is 3.04. The highest BCUT2D eigenvalue weighted by Gasteiger charge is 2.33. The first-order valence-corrected chi connectivity index (χ1v) is 9.51. The van der Waals surface area contributed by atoms with E-state index in [1.165, 1.54) is 10.9 Å². The predicted octanol–water partition coefficient (Wildman–Crippen LogP) is 2.86. The lowest BCUT2D eigenvalue weighted by molar-refractivity contribution is 0.00558. The van der Waals surface area contributed by atoms with Crippen molar-refractivity contribution in [1.82, 2.24) is 15.0 Å². The Morgan fingerprint density at radius 3 is 3.00 bits per heavy atom. The van der Waals surface area contributed by atoms with Crippen molar-refractivity contribution >= 4 is 34.1 Å². The number of hydrogen-bond donors (Lipinski definition) is 2. The standard InChI is InChI=1S/C19H20ClN5O2/c20-19-23-17(16-18(24-19)25(7-8-27-16)13-10-26-11-13)21-6-5-12-9-22-15-4-2-1-3-14(12)15/h1-4,9,13,22H,5-8,10-11H2,(H,21,23,24). The monoisotopic (exact) mass is 385 g/mol. The summed E-state index contributed by atoms with van der Waals surface area (Å²) in [5.41, 5.74) is 2.41. The summed E-state index contributed by atoms with van der Waals surface area (Å²) in [6, 6.07) is 8.63. The van der Waals surface area contributed by atoms with Crippen LogP contribution in [0.25, 0.3) is 10.9 Å². The Balaban J connectivity index is 1.35. The third kappa shape index (κ3) is 3.07. The lowest BCUT2D eigenvalue weighted by atomic mass is 10.1. The van der Waals surface area contributed by atoms with Gasteiger partial charge in [0.2, 0.25) is 11.0 Å². The van der Waals surface area contributed by atoms with Crippen molar-refractivity contribution in [3.05, 3.63) is 41.3 Å². The molecular formula is C19H20ClN5O2. The number of nitrogens with one attached hydrogen (secondary N) is 2. The van der Waals surface area contributed by atoms with Crippen LogP contribution in [0.15, 0.2) is 30.5 Å². The molecule has 0 spiro atoms. The summed E-state index contributed by atoms with van der Waals surface area (Å²) in [7, 11) is 0. The van der Waals surface area contributed by atoms with E-state index in [2.05, 4.69) is 49.6 Å². The van der Waals surface area contributed by atoms with Gasteiger partial charge in [0.05, 0.1) is 25.8 Å². The number of H-pyrrole nitrogens is 1. The van der Waals surface area contributed by atoms with Gasteiger partial charge >= 0.3 is 0 Å². The maximum Gasteiger partial charge on any atom is 0.226 e. The van der Waals surface area contributed by atoms with Crippen molar-refractivity contribution < 1.29 is 9.47 Å². The van der Waals surface area contributed by atoms with E-state index in [9.17, 15) is 0 Å². The first kappa shape index (κ1) is 16.6. The summed E-state index contributed by atoms with van der Waals surface area (Å²) in [6.45, 7) is 3.53. The highest BCUT2D eigenvalue weighted by molar-refractivity contribution is 6.28. The molecule has 8 heteroatoms. The Bertz CT molecular complexity index is 972. The molecule has 1 fully saturated rings. The fraction of sp³-hybridized carbons (Fsp3) is 0.368. The number of halogens is 1. The Hall–Kier alpha value is -2.51. The number of nitrogens with zero attached hydrogens (tertiary/aromatic N) is 3. The minimum Gasteiger partial charge on any atom is -0.485 e. The van der Waals surface area contributed by atoms with Gasteiger partial charge in [0, 0.05) is 23.6 Å². The van der Waals surface area contributed by atoms with Crippen LogP contribution in [-0.4, -0.2) is 53.9 Å². The molecule has 1 aromatic carbocycles. The molecule has 2 N–H and O–H groups in total. The first-order chi connectivity index (χ1) is 13.3. The molecule has 2 aromatic heterocycles. The van der Waals surface area contributed by atoms with E-state index in [1.54, 1.807) is 0 Å². The first-order valence-electron chi connectivity index (χ1n) is 9.13. The third-order valence-corrected chi connectivity index (χ3v) is 5.26. The van der Waals surface area contributed by atoms with Crippen molar-refractivity contribution in [2.45, 2.75) is 12.5 Å². The van der Waals surface area contributed by atoms with Gasteiger partial charge in [0.1, 0.15) is 6.61 Å². The fourth-order valence-corrected chi connectivity index (χ4v) is 3.79. The molecule has 0 bridgehead atoms. The van der Waals surface area contributed by atoms with Gasteiger partial charge in [-0.15, -0.1) is 0 Å². The van der Waals surface area contributed by atoms with Gasteiger partial charge in [0.25, 0.3) is 0 Å². The Kier molecular flexibility index (Phi) is 4.26. The molecule has 140 valence electrons. The highest BCUT2D eigenvalue weighted by Crippen LogP contribution is 2.38. The predicted molar refractivity (Wildman–Crippen MR) is 105 cm³/mol. The molecule has 7 nitrogen and oxygen atoms in total. The van der Waals surface area contributed by atoms with Crippen LogP contribution in [0.5, 0.6) is 5.75 Å². The Morgan fingerprint density at radius 1 is 1.26 bits per heavy atom. The number of hydrogen-bond acceptors (Lipinski definition) is 6. The minimum absolute atomic E-state index is 0.221. The highest BCUT2D eigenvalue weighted by atomic mass is 35.5. The SMILES string of the molecule is Clc1nc(NCCc2c[nH]c3ccccc23)c2c(n1)N(C1COC1)CCO2. The van der Waals surface area contributed by atoms with Crippen LogP contribution < -0.4 is 15.0 Å². The second-order valence-electron chi connectivity index (χ2n) is 6.76.